The molecule has 0 aliphatic carbocycles. The Bertz CT molecular complexity index is 785. The van der Waals surface area contributed by atoms with E-state index >= 15 is 4.39 Å². The fourth-order valence-electron chi connectivity index (χ4n) is 2.14. The number of carbonyl (C=O) groups is 1. The molecule has 1 atom stereocenters. The number of hydrogen-bond donors (Lipinski definition) is 0. The Hall–Kier alpha value is -2.21. The van der Waals surface area contributed by atoms with Crippen molar-refractivity contribution in [1.82, 2.24) is 0 Å². The molecular weight excluding hydrogens is 319 g/mol. The van der Waals surface area contributed by atoms with Gasteiger partial charge in [-0.3, -0.25) is 0 Å². The van der Waals surface area contributed by atoms with E-state index in [0.29, 0.717) is 0 Å². The molecule has 122 valence electrons. The lowest BCUT2D eigenvalue weighted by atomic mass is 10.1. The molecule has 23 heavy (non-hydrogen) atoms. The third-order valence-electron chi connectivity index (χ3n) is 3.38. The van der Waals surface area contributed by atoms with Crippen molar-refractivity contribution in [3.05, 3.63) is 65.7 Å². The smallest absolute Gasteiger partial charge is 0.365 e. The molecule has 1 unspecified atom stereocenters. The number of aryl methyl sites for hydroxylation is 1. The average Bonchev–Trinajstić information content (AvgIpc) is 2.55. The summed E-state index contributed by atoms with van der Waals surface area (Å²) in [5, 5.41) is -3.29. The number of carbonyl (C=O) groups excluding carboxylic acids is 1. The molecule has 0 saturated heterocycles. The van der Waals surface area contributed by atoms with E-state index in [9.17, 15) is 13.2 Å². The van der Waals surface area contributed by atoms with E-state index in [1.54, 1.807) is 25.1 Å². The van der Waals surface area contributed by atoms with E-state index < -0.39 is 20.8 Å². The van der Waals surface area contributed by atoms with Crippen molar-refractivity contribution < 1.29 is 22.3 Å². The molecule has 4 nitrogen and oxygen atoms in total. The predicted molar refractivity (Wildman–Crippen MR) is 84.2 cm³/mol. The molecule has 0 amide bonds. The van der Waals surface area contributed by atoms with Crippen LogP contribution in [-0.4, -0.2) is 21.0 Å². The normalized spacial score (nSPS) is 14.0. The van der Waals surface area contributed by atoms with Gasteiger partial charge in [-0.2, -0.15) is 0 Å². The van der Waals surface area contributed by atoms with Crippen LogP contribution in [0.3, 0.4) is 0 Å². The second-order valence-electron chi connectivity index (χ2n) is 5.00. The van der Waals surface area contributed by atoms with Crippen molar-refractivity contribution in [2.75, 3.05) is 6.61 Å². The van der Waals surface area contributed by atoms with E-state index in [1.165, 1.54) is 43.3 Å². The van der Waals surface area contributed by atoms with Crippen LogP contribution in [0, 0.1) is 6.92 Å². The molecule has 2 aromatic carbocycles. The zero-order valence-electron chi connectivity index (χ0n) is 12.8. The number of alkyl halides is 1. The molecule has 0 radical (unpaired) electrons. The van der Waals surface area contributed by atoms with E-state index in [4.69, 9.17) is 4.74 Å². The quantitative estimate of drug-likeness (QED) is 0.787. The molecule has 0 aliphatic rings. The van der Waals surface area contributed by atoms with E-state index in [-0.39, 0.29) is 17.1 Å². The SMILES string of the molecule is CCOC(=O)C(F)(c1ccccc1)S(=O)(=O)c1ccc(C)cc1. The highest BCUT2D eigenvalue weighted by molar-refractivity contribution is 7.93. The van der Waals surface area contributed by atoms with Gasteiger partial charge in [-0.15, -0.1) is 0 Å². The van der Waals surface area contributed by atoms with Gasteiger partial charge in [0.25, 0.3) is 0 Å². The first kappa shape index (κ1) is 17.1. The van der Waals surface area contributed by atoms with E-state index in [0.717, 1.165) is 5.56 Å². The highest BCUT2D eigenvalue weighted by atomic mass is 32.2. The molecule has 0 aromatic heterocycles. The molecule has 2 rings (SSSR count). The second-order valence-corrected chi connectivity index (χ2v) is 7.04. The van der Waals surface area contributed by atoms with Crippen LogP contribution in [-0.2, 0) is 24.4 Å². The Balaban J connectivity index is 2.66. The predicted octanol–water partition coefficient (Wildman–Crippen LogP) is 3.15. The van der Waals surface area contributed by atoms with Gasteiger partial charge in [-0.05, 0) is 26.0 Å². The van der Waals surface area contributed by atoms with Gasteiger partial charge >= 0.3 is 11.0 Å². The third-order valence-corrected chi connectivity index (χ3v) is 5.42. The zero-order chi connectivity index (χ0) is 17.1. The van der Waals surface area contributed by atoms with Crippen molar-refractivity contribution in [2.45, 2.75) is 23.7 Å². The van der Waals surface area contributed by atoms with Gasteiger partial charge in [0.15, 0.2) is 0 Å². The topological polar surface area (TPSA) is 60.4 Å². The minimum atomic E-state index is -4.63. The Kier molecular flexibility index (Phi) is 4.85. The molecule has 0 N–H and O–H groups in total. The summed E-state index contributed by atoms with van der Waals surface area (Å²) in [5.74, 6) is -1.44. The number of sulfone groups is 1. The summed E-state index contributed by atoms with van der Waals surface area (Å²) in [6.45, 7) is 3.14. The first-order chi connectivity index (χ1) is 10.8. The van der Waals surface area contributed by atoms with Gasteiger partial charge < -0.3 is 4.74 Å². The van der Waals surface area contributed by atoms with Crippen LogP contribution in [0.15, 0.2) is 59.5 Å². The summed E-state index contributed by atoms with van der Waals surface area (Å²) >= 11 is 0. The maximum Gasteiger partial charge on any atom is 0.365 e. The summed E-state index contributed by atoms with van der Waals surface area (Å²) in [6, 6.07) is 12.7. The van der Waals surface area contributed by atoms with Gasteiger partial charge in [0.2, 0.25) is 9.84 Å². The lowest BCUT2D eigenvalue weighted by molar-refractivity contribution is -0.152. The van der Waals surface area contributed by atoms with Crippen LogP contribution in [0.25, 0.3) is 0 Å². The fourth-order valence-corrected chi connectivity index (χ4v) is 3.68. The molecule has 0 heterocycles. The van der Waals surface area contributed by atoms with Crippen LogP contribution in [0.1, 0.15) is 18.1 Å². The molecular formula is C17H17FO4S. The average molecular weight is 336 g/mol. The number of esters is 1. The van der Waals surface area contributed by atoms with Crippen LogP contribution >= 0.6 is 0 Å². The first-order valence-electron chi connectivity index (χ1n) is 7.07. The molecule has 0 fully saturated rings. The maximum atomic E-state index is 15.6. The Labute approximate surface area is 134 Å². The molecule has 0 bridgehead atoms. The highest BCUT2D eigenvalue weighted by Crippen LogP contribution is 2.38. The lowest BCUT2D eigenvalue weighted by Crippen LogP contribution is -2.41. The monoisotopic (exact) mass is 336 g/mol. The Morgan fingerprint density at radius 3 is 2.17 bits per heavy atom. The molecule has 0 spiro atoms. The minimum Gasteiger partial charge on any atom is -0.463 e. The maximum absolute atomic E-state index is 15.6. The number of rotatable bonds is 5. The fraction of sp³-hybridized carbons (Fsp3) is 0.235. The largest absolute Gasteiger partial charge is 0.463 e. The minimum absolute atomic E-state index is 0.124. The van der Waals surface area contributed by atoms with Gasteiger partial charge in [0, 0.05) is 5.56 Å². The van der Waals surface area contributed by atoms with Gasteiger partial charge in [0.05, 0.1) is 11.5 Å². The van der Waals surface area contributed by atoms with Crippen LogP contribution in [0.2, 0.25) is 0 Å². The van der Waals surface area contributed by atoms with Crippen molar-refractivity contribution in [2.24, 2.45) is 0 Å². The Morgan fingerprint density at radius 2 is 1.65 bits per heavy atom. The number of hydrogen-bond acceptors (Lipinski definition) is 4. The number of ether oxygens (including phenoxy) is 1. The van der Waals surface area contributed by atoms with Crippen LogP contribution in [0.4, 0.5) is 4.39 Å². The second kappa shape index (κ2) is 6.50. The standard InChI is InChI=1S/C17H17FO4S/c1-3-22-16(19)17(18,14-7-5-4-6-8-14)23(20,21)15-11-9-13(2)10-12-15/h4-12H,3H2,1-2H3. The molecule has 0 aliphatic heterocycles. The summed E-state index contributed by atoms with van der Waals surface area (Å²) in [4.78, 5) is 11.9. The van der Waals surface area contributed by atoms with Crippen LogP contribution < -0.4 is 0 Å². The summed E-state index contributed by atoms with van der Waals surface area (Å²) < 4.78 is 45.9. The third kappa shape index (κ3) is 2.99. The van der Waals surface area contributed by atoms with E-state index in [1.807, 2.05) is 0 Å². The van der Waals surface area contributed by atoms with Crippen molar-refractivity contribution in [1.29, 1.82) is 0 Å². The first-order valence-corrected chi connectivity index (χ1v) is 8.55. The zero-order valence-corrected chi connectivity index (χ0v) is 13.6. The van der Waals surface area contributed by atoms with Gasteiger partial charge in [-0.1, -0.05) is 48.0 Å². The van der Waals surface area contributed by atoms with Crippen molar-refractivity contribution in [3.8, 4) is 0 Å². The number of benzene rings is 2. The Morgan fingerprint density at radius 1 is 1.09 bits per heavy atom. The van der Waals surface area contributed by atoms with Gasteiger partial charge in [-0.25, -0.2) is 17.6 Å². The van der Waals surface area contributed by atoms with Gasteiger partial charge in [0.1, 0.15) is 0 Å². The molecule has 2 aromatic rings. The van der Waals surface area contributed by atoms with Crippen LogP contribution in [0.5, 0.6) is 0 Å². The van der Waals surface area contributed by atoms with Crippen molar-refractivity contribution in [3.63, 3.8) is 0 Å². The highest BCUT2D eigenvalue weighted by Gasteiger charge is 2.55. The number of halogens is 1. The summed E-state index contributed by atoms with van der Waals surface area (Å²) in [6.07, 6.45) is 0. The molecule has 0 saturated carbocycles. The summed E-state index contributed by atoms with van der Waals surface area (Å²) in [7, 11) is -4.63. The van der Waals surface area contributed by atoms with Crippen molar-refractivity contribution >= 4 is 15.8 Å². The lowest BCUT2D eigenvalue weighted by Gasteiger charge is -2.23. The van der Waals surface area contributed by atoms with E-state index in [2.05, 4.69) is 0 Å². The molecule has 6 heteroatoms. The summed E-state index contributed by atoms with van der Waals surface area (Å²) in [5.41, 5.74) is 0.545.